The summed E-state index contributed by atoms with van der Waals surface area (Å²) in [4.78, 5) is 39.8. The number of hydrogen-bond acceptors (Lipinski definition) is 6. The first-order valence-electron chi connectivity index (χ1n) is 9.47. The molecule has 0 aliphatic rings. The molecule has 31 heavy (non-hydrogen) atoms. The van der Waals surface area contributed by atoms with E-state index in [0.29, 0.717) is 27.8 Å². The molecular weight excluding hydrogens is 432 g/mol. The summed E-state index contributed by atoms with van der Waals surface area (Å²) in [6.45, 7) is 3.41. The number of anilines is 3. The Labute approximate surface area is 188 Å². The zero-order valence-corrected chi connectivity index (χ0v) is 18.7. The second-order valence-electron chi connectivity index (χ2n) is 6.76. The van der Waals surface area contributed by atoms with Crippen LogP contribution in [-0.4, -0.2) is 28.5 Å². The molecule has 160 valence electrons. The molecule has 1 heterocycles. The lowest BCUT2D eigenvalue weighted by molar-refractivity contribution is -0.114. The standard InChI is InChI=1S/C22H22N4O3S2/c1-14-3-5-16(6-4-14)21(29)26-22-25-19(12-31-22)11-30-13-20(28)24-18-9-7-17(8-10-18)23-15(2)27/h3-10,12H,11,13H2,1-2H3,(H,23,27)(H,24,28)(H,25,26,29). The van der Waals surface area contributed by atoms with Crippen molar-refractivity contribution in [2.75, 3.05) is 21.7 Å². The number of aryl methyl sites for hydroxylation is 1. The van der Waals surface area contributed by atoms with Gasteiger partial charge in [0.25, 0.3) is 5.91 Å². The number of benzene rings is 2. The largest absolute Gasteiger partial charge is 0.326 e. The van der Waals surface area contributed by atoms with Crippen LogP contribution in [0.2, 0.25) is 0 Å². The van der Waals surface area contributed by atoms with Crippen molar-refractivity contribution in [2.24, 2.45) is 0 Å². The maximum absolute atomic E-state index is 12.3. The van der Waals surface area contributed by atoms with Crippen LogP contribution in [0.3, 0.4) is 0 Å². The number of thiazole rings is 1. The van der Waals surface area contributed by atoms with Crippen molar-refractivity contribution in [3.8, 4) is 0 Å². The SMILES string of the molecule is CC(=O)Nc1ccc(NC(=O)CSCc2csc(NC(=O)c3ccc(C)cc3)n2)cc1. The Kier molecular flexibility index (Phi) is 7.80. The van der Waals surface area contributed by atoms with Crippen molar-refractivity contribution in [3.05, 3.63) is 70.7 Å². The van der Waals surface area contributed by atoms with Crippen molar-refractivity contribution in [3.63, 3.8) is 0 Å². The first-order chi connectivity index (χ1) is 14.9. The highest BCUT2D eigenvalue weighted by Crippen LogP contribution is 2.21. The molecule has 0 aliphatic carbocycles. The highest BCUT2D eigenvalue weighted by Gasteiger charge is 2.10. The highest BCUT2D eigenvalue weighted by atomic mass is 32.2. The van der Waals surface area contributed by atoms with Crippen molar-refractivity contribution < 1.29 is 14.4 Å². The minimum Gasteiger partial charge on any atom is -0.326 e. The number of nitrogens with one attached hydrogen (secondary N) is 3. The van der Waals surface area contributed by atoms with Crippen LogP contribution in [0.5, 0.6) is 0 Å². The molecule has 3 rings (SSSR count). The van der Waals surface area contributed by atoms with Crippen molar-refractivity contribution in [2.45, 2.75) is 19.6 Å². The fourth-order valence-electron chi connectivity index (χ4n) is 2.59. The summed E-state index contributed by atoms with van der Waals surface area (Å²) in [6.07, 6.45) is 0. The van der Waals surface area contributed by atoms with E-state index in [2.05, 4.69) is 20.9 Å². The highest BCUT2D eigenvalue weighted by molar-refractivity contribution is 7.99. The molecule has 1 aromatic heterocycles. The van der Waals surface area contributed by atoms with Gasteiger partial charge in [-0.05, 0) is 43.3 Å². The summed E-state index contributed by atoms with van der Waals surface area (Å²) in [6, 6.07) is 14.3. The summed E-state index contributed by atoms with van der Waals surface area (Å²) in [5.74, 6) is 0.368. The van der Waals surface area contributed by atoms with Gasteiger partial charge in [0, 0.05) is 35.0 Å². The van der Waals surface area contributed by atoms with Crippen LogP contribution in [0.25, 0.3) is 0 Å². The van der Waals surface area contributed by atoms with Crippen LogP contribution < -0.4 is 16.0 Å². The summed E-state index contributed by atoms with van der Waals surface area (Å²) in [7, 11) is 0. The van der Waals surface area contributed by atoms with Gasteiger partial charge < -0.3 is 10.6 Å². The van der Waals surface area contributed by atoms with E-state index in [-0.39, 0.29) is 23.5 Å². The molecule has 0 fully saturated rings. The quantitative estimate of drug-likeness (QED) is 0.464. The monoisotopic (exact) mass is 454 g/mol. The molecule has 0 atom stereocenters. The van der Waals surface area contributed by atoms with Crippen LogP contribution in [-0.2, 0) is 15.3 Å². The Morgan fingerprint density at radius 3 is 2.23 bits per heavy atom. The maximum atomic E-state index is 12.3. The van der Waals surface area contributed by atoms with Gasteiger partial charge in [-0.1, -0.05) is 17.7 Å². The number of thioether (sulfide) groups is 1. The molecule has 0 bridgehead atoms. The van der Waals surface area contributed by atoms with E-state index in [4.69, 9.17) is 0 Å². The zero-order chi connectivity index (χ0) is 22.2. The molecular formula is C22H22N4O3S2. The lowest BCUT2D eigenvalue weighted by Gasteiger charge is -2.06. The Morgan fingerprint density at radius 2 is 1.58 bits per heavy atom. The first-order valence-corrected chi connectivity index (χ1v) is 11.5. The predicted molar refractivity (Wildman–Crippen MR) is 127 cm³/mol. The smallest absolute Gasteiger partial charge is 0.257 e. The molecule has 0 unspecified atom stereocenters. The fourth-order valence-corrected chi connectivity index (χ4v) is 4.12. The number of aromatic nitrogens is 1. The van der Waals surface area contributed by atoms with Crippen molar-refractivity contribution in [1.29, 1.82) is 0 Å². The van der Waals surface area contributed by atoms with Crippen LogP contribution >= 0.6 is 23.1 Å². The van der Waals surface area contributed by atoms with Gasteiger partial charge in [-0.2, -0.15) is 0 Å². The molecule has 0 saturated carbocycles. The van der Waals surface area contributed by atoms with E-state index in [9.17, 15) is 14.4 Å². The third kappa shape index (κ3) is 7.23. The fraction of sp³-hybridized carbons (Fsp3) is 0.182. The Morgan fingerprint density at radius 1 is 0.935 bits per heavy atom. The van der Waals surface area contributed by atoms with Gasteiger partial charge in [-0.3, -0.25) is 19.7 Å². The summed E-state index contributed by atoms with van der Waals surface area (Å²) in [5.41, 5.74) is 3.82. The predicted octanol–water partition coefficient (Wildman–Crippen LogP) is 4.53. The molecule has 7 nitrogen and oxygen atoms in total. The van der Waals surface area contributed by atoms with Gasteiger partial charge in [0.05, 0.1) is 11.4 Å². The topological polar surface area (TPSA) is 100 Å². The average molecular weight is 455 g/mol. The molecule has 0 spiro atoms. The second kappa shape index (κ2) is 10.7. The number of hydrogen-bond donors (Lipinski definition) is 3. The number of nitrogens with zero attached hydrogens (tertiary/aromatic N) is 1. The van der Waals surface area contributed by atoms with E-state index in [1.807, 2.05) is 24.4 Å². The minimum atomic E-state index is -0.197. The van der Waals surface area contributed by atoms with Gasteiger partial charge in [0.15, 0.2) is 5.13 Å². The van der Waals surface area contributed by atoms with Crippen LogP contribution in [0, 0.1) is 6.92 Å². The first kappa shape index (κ1) is 22.5. The van der Waals surface area contributed by atoms with Crippen molar-refractivity contribution in [1.82, 2.24) is 4.98 Å². The Bertz CT molecular complexity index is 1060. The zero-order valence-electron chi connectivity index (χ0n) is 17.1. The lowest BCUT2D eigenvalue weighted by atomic mass is 10.1. The molecule has 0 saturated heterocycles. The molecule has 0 radical (unpaired) electrons. The van der Waals surface area contributed by atoms with Gasteiger partial charge >= 0.3 is 0 Å². The van der Waals surface area contributed by atoms with Gasteiger partial charge in [0.2, 0.25) is 11.8 Å². The van der Waals surface area contributed by atoms with E-state index in [1.54, 1.807) is 36.4 Å². The number of carbonyl (C=O) groups excluding carboxylic acids is 3. The second-order valence-corrected chi connectivity index (χ2v) is 8.61. The maximum Gasteiger partial charge on any atom is 0.257 e. The van der Waals surface area contributed by atoms with E-state index in [0.717, 1.165) is 11.3 Å². The molecule has 2 aromatic carbocycles. The Hall–Kier alpha value is -3.17. The number of carbonyl (C=O) groups is 3. The third-order valence-electron chi connectivity index (χ3n) is 4.06. The summed E-state index contributed by atoms with van der Waals surface area (Å²) in [5, 5.41) is 10.7. The molecule has 0 aliphatic heterocycles. The molecule has 3 N–H and O–H groups in total. The summed E-state index contributed by atoms with van der Waals surface area (Å²) < 4.78 is 0. The molecule has 9 heteroatoms. The van der Waals surface area contributed by atoms with Gasteiger partial charge in [0.1, 0.15) is 0 Å². The van der Waals surface area contributed by atoms with Crippen molar-refractivity contribution >= 4 is 57.3 Å². The van der Waals surface area contributed by atoms with E-state index >= 15 is 0 Å². The summed E-state index contributed by atoms with van der Waals surface area (Å²) >= 11 is 2.79. The van der Waals surface area contributed by atoms with E-state index < -0.39 is 0 Å². The number of amides is 3. The lowest BCUT2D eigenvalue weighted by Crippen LogP contribution is -2.14. The third-order valence-corrected chi connectivity index (χ3v) is 5.83. The van der Waals surface area contributed by atoms with Gasteiger partial charge in [-0.25, -0.2) is 4.98 Å². The molecule has 3 amide bonds. The van der Waals surface area contributed by atoms with Gasteiger partial charge in [-0.15, -0.1) is 23.1 Å². The number of rotatable bonds is 8. The van der Waals surface area contributed by atoms with Crippen LogP contribution in [0.1, 0.15) is 28.5 Å². The minimum absolute atomic E-state index is 0.125. The normalized spacial score (nSPS) is 10.4. The average Bonchev–Trinajstić information content (AvgIpc) is 3.16. The molecule has 3 aromatic rings. The van der Waals surface area contributed by atoms with E-state index in [1.165, 1.54) is 30.0 Å². The Balaban J connectivity index is 1.42. The van der Waals surface area contributed by atoms with Crippen LogP contribution in [0.4, 0.5) is 16.5 Å². The van der Waals surface area contributed by atoms with Crippen LogP contribution in [0.15, 0.2) is 53.9 Å².